The van der Waals surface area contributed by atoms with Crippen molar-refractivity contribution in [3.63, 3.8) is 0 Å². The minimum atomic E-state index is -3.36. The highest BCUT2D eigenvalue weighted by Gasteiger charge is 2.15. The van der Waals surface area contributed by atoms with E-state index in [-0.39, 0.29) is 23.7 Å². The molecule has 0 heterocycles. The van der Waals surface area contributed by atoms with Gasteiger partial charge in [0.1, 0.15) is 0 Å². The quantitative estimate of drug-likeness (QED) is 0.757. The summed E-state index contributed by atoms with van der Waals surface area (Å²) in [5.74, 6) is -0.457. The molecular formula is C12H17NO5S. The molecule has 1 amide bonds. The fraction of sp³-hybridized carbons (Fsp3) is 0.417. The van der Waals surface area contributed by atoms with Crippen LogP contribution in [0.5, 0.6) is 0 Å². The minimum absolute atomic E-state index is 0.0763. The summed E-state index contributed by atoms with van der Waals surface area (Å²) < 4.78 is 27.6. The fourth-order valence-corrected chi connectivity index (χ4v) is 2.14. The van der Waals surface area contributed by atoms with Gasteiger partial charge in [-0.05, 0) is 18.2 Å². The van der Waals surface area contributed by atoms with E-state index in [1.165, 1.54) is 31.4 Å². The first-order chi connectivity index (χ1) is 8.88. The molecular weight excluding hydrogens is 270 g/mol. The second-order valence-corrected chi connectivity index (χ2v) is 6.12. The van der Waals surface area contributed by atoms with Crippen LogP contribution >= 0.6 is 0 Å². The number of amides is 1. The molecule has 0 radical (unpaired) electrons. The van der Waals surface area contributed by atoms with Crippen molar-refractivity contribution in [1.29, 1.82) is 0 Å². The van der Waals surface area contributed by atoms with E-state index in [4.69, 9.17) is 9.84 Å². The summed E-state index contributed by atoms with van der Waals surface area (Å²) in [5, 5.41) is 11.6. The van der Waals surface area contributed by atoms with Crippen LogP contribution in [-0.2, 0) is 14.6 Å². The Bertz CT molecular complexity index is 541. The van der Waals surface area contributed by atoms with E-state index >= 15 is 0 Å². The van der Waals surface area contributed by atoms with Crippen molar-refractivity contribution in [3.8, 4) is 0 Å². The van der Waals surface area contributed by atoms with Gasteiger partial charge in [-0.2, -0.15) is 0 Å². The van der Waals surface area contributed by atoms with E-state index < -0.39 is 21.8 Å². The van der Waals surface area contributed by atoms with Crippen molar-refractivity contribution in [1.82, 2.24) is 5.32 Å². The van der Waals surface area contributed by atoms with Gasteiger partial charge in [-0.1, -0.05) is 6.07 Å². The molecule has 0 aliphatic heterocycles. The van der Waals surface area contributed by atoms with Gasteiger partial charge in [0, 0.05) is 18.9 Å². The largest absolute Gasteiger partial charge is 0.394 e. The highest BCUT2D eigenvalue weighted by atomic mass is 32.2. The minimum Gasteiger partial charge on any atom is -0.394 e. The summed E-state index contributed by atoms with van der Waals surface area (Å²) in [5.41, 5.74) is 0.220. The van der Waals surface area contributed by atoms with Crippen LogP contribution in [0, 0.1) is 0 Å². The molecule has 106 valence electrons. The molecule has 1 aromatic rings. The molecule has 1 atom stereocenters. The zero-order chi connectivity index (χ0) is 14.5. The average Bonchev–Trinajstić information content (AvgIpc) is 2.37. The van der Waals surface area contributed by atoms with Crippen molar-refractivity contribution < 1.29 is 23.1 Å². The highest BCUT2D eigenvalue weighted by Crippen LogP contribution is 2.11. The maximum absolute atomic E-state index is 11.9. The first kappa shape index (κ1) is 15.6. The van der Waals surface area contributed by atoms with Gasteiger partial charge in [-0.25, -0.2) is 8.42 Å². The molecule has 0 bridgehead atoms. The van der Waals surface area contributed by atoms with Crippen LogP contribution in [0.15, 0.2) is 29.2 Å². The maximum Gasteiger partial charge on any atom is 0.251 e. The molecule has 0 fully saturated rings. The zero-order valence-corrected chi connectivity index (χ0v) is 11.6. The van der Waals surface area contributed by atoms with Crippen molar-refractivity contribution >= 4 is 15.7 Å². The second kappa shape index (κ2) is 6.65. The normalized spacial score (nSPS) is 13.0. The molecule has 0 aromatic heterocycles. The first-order valence-electron chi connectivity index (χ1n) is 5.59. The molecule has 0 spiro atoms. The molecule has 0 aliphatic rings. The van der Waals surface area contributed by atoms with Gasteiger partial charge in [0.05, 0.1) is 24.2 Å². The Morgan fingerprint density at radius 1 is 1.47 bits per heavy atom. The van der Waals surface area contributed by atoms with Gasteiger partial charge in [0.25, 0.3) is 5.91 Å². The SMILES string of the molecule is COCC(CO)NC(=O)c1cccc(S(C)(=O)=O)c1. The van der Waals surface area contributed by atoms with Crippen LogP contribution in [0.3, 0.4) is 0 Å². The van der Waals surface area contributed by atoms with Gasteiger partial charge in [-0.15, -0.1) is 0 Å². The van der Waals surface area contributed by atoms with Gasteiger partial charge >= 0.3 is 0 Å². The second-order valence-electron chi connectivity index (χ2n) is 4.11. The smallest absolute Gasteiger partial charge is 0.251 e. The number of benzene rings is 1. The van der Waals surface area contributed by atoms with Crippen LogP contribution < -0.4 is 5.32 Å². The Morgan fingerprint density at radius 2 is 2.16 bits per heavy atom. The first-order valence-corrected chi connectivity index (χ1v) is 7.48. The Balaban J connectivity index is 2.88. The summed E-state index contributed by atoms with van der Waals surface area (Å²) in [6, 6.07) is 5.19. The van der Waals surface area contributed by atoms with Crippen LogP contribution in [0.25, 0.3) is 0 Å². The lowest BCUT2D eigenvalue weighted by atomic mass is 10.2. The summed E-state index contributed by atoms with van der Waals surface area (Å²) in [6.45, 7) is -0.0840. The summed E-state index contributed by atoms with van der Waals surface area (Å²) in [4.78, 5) is 12.0. The number of methoxy groups -OCH3 is 1. The van der Waals surface area contributed by atoms with Gasteiger partial charge in [0.15, 0.2) is 9.84 Å². The monoisotopic (exact) mass is 287 g/mol. The fourth-order valence-electron chi connectivity index (χ4n) is 1.48. The topological polar surface area (TPSA) is 92.7 Å². The van der Waals surface area contributed by atoms with E-state index in [2.05, 4.69) is 5.32 Å². The molecule has 1 unspecified atom stereocenters. The summed E-state index contributed by atoms with van der Waals surface area (Å²) in [7, 11) is -1.90. The van der Waals surface area contributed by atoms with Crippen molar-refractivity contribution in [3.05, 3.63) is 29.8 Å². The van der Waals surface area contributed by atoms with Crippen molar-refractivity contribution in [2.45, 2.75) is 10.9 Å². The number of ether oxygens (including phenoxy) is 1. The molecule has 7 heteroatoms. The number of nitrogens with one attached hydrogen (secondary N) is 1. The van der Waals surface area contributed by atoms with Gasteiger partial charge in [-0.3, -0.25) is 4.79 Å². The molecule has 0 aliphatic carbocycles. The van der Waals surface area contributed by atoms with Crippen molar-refractivity contribution in [2.75, 3.05) is 26.6 Å². The molecule has 1 rings (SSSR count). The van der Waals surface area contributed by atoms with E-state index in [9.17, 15) is 13.2 Å². The third kappa shape index (κ3) is 4.62. The third-order valence-corrected chi connectivity index (χ3v) is 3.56. The maximum atomic E-state index is 11.9. The Kier molecular flexibility index (Phi) is 5.46. The molecule has 2 N–H and O–H groups in total. The van der Waals surface area contributed by atoms with Crippen LogP contribution in [-0.4, -0.2) is 52.1 Å². The van der Waals surface area contributed by atoms with Crippen LogP contribution in [0.4, 0.5) is 0 Å². The lowest BCUT2D eigenvalue weighted by Crippen LogP contribution is -2.40. The highest BCUT2D eigenvalue weighted by molar-refractivity contribution is 7.90. The molecule has 0 saturated heterocycles. The Labute approximate surface area is 112 Å². The molecule has 1 aromatic carbocycles. The number of sulfone groups is 1. The molecule has 0 saturated carbocycles. The number of hydrogen-bond donors (Lipinski definition) is 2. The van der Waals surface area contributed by atoms with E-state index in [0.717, 1.165) is 6.26 Å². The van der Waals surface area contributed by atoms with E-state index in [1.807, 2.05) is 0 Å². The number of rotatable bonds is 6. The third-order valence-electron chi connectivity index (χ3n) is 2.45. The lowest BCUT2D eigenvalue weighted by Gasteiger charge is -2.15. The Morgan fingerprint density at radius 3 is 2.68 bits per heavy atom. The summed E-state index contributed by atoms with van der Waals surface area (Å²) >= 11 is 0. The van der Waals surface area contributed by atoms with Gasteiger partial charge in [0.2, 0.25) is 0 Å². The lowest BCUT2D eigenvalue weighted by molar-refractivity contribution is 0.0839. The predicted molar refractivity (Wildman–Crippen MR) is 69.8 cm³/mol. The van der Waals surface area contributed by atoms with Gasteiger partial charge < -0.3 is 15.2 Å². The molecule has 6 nitrogen and oxygen atoms in total. The number of aliphatic hydroxyl groups is 1. The standard InChI is InChI=1S/C12H17NO5S/c1-18-8-10(7-14)13-12(15)9-4-3-5-11(6-9)19(2,16)17/h3-6,10,14H,7-8H2,1-2H3,(H,13,15). The number of hydrogen-bond acceptors (Lipinski definition) is 5. The molecule has 19 heavy (non-hydrogen) atoms. The number of carbonyl (C=O) groups excluding carboxylic acids is 1. The van der Waals surface area contributed by atoms with Crippen LogP contribution in [0.2, 0.25) is 0 Å². The number of aliphatic hydroxyl groups excluding tert-OH is 1. The van der Waals surface area contributed by atoms with E-state index in [0.29, 0.717) is 0 Å². The van der Waals surface area contributed by atoms with Crippen LogP contribution in [0.1, 0.15) is 10.4 Å². The zero-order valence-electron chi connectivity index (χ0n) is 10.8. The number of carbonyl (C=O) groups is 1. The predicted octanol–water partition coefficient (Wildman–Crippen LogP) is -0.173. The summed E-state index contributed by atoms with van der Waals surface area (Å²) in [6.07, 6.45) is 1.07. The Hall–Kier alpha value is -1.44. The van der Waals surface area contributed by atoms with E-state index in [1.54, 1.807) is 0 Å². The van der Waals surface area contributed by atoms with Crippen molar-refractivity contribution in [2.24, 2.45) is 0 Å². The average molecular weight is 287 g/mol.